The summed E-state index contributed by atoms with van der Waals surface area (Å²) in [4.78, 5) is 0. The Morgan fingerprint density at radius 1 is 0.962 bits per heavy atom. The Labute approximate surface area is 153 Å². The van der Waals surface area contributed by atoms with E-state index >= 15 is 0 Å². The van der Waals surface area contributed by atoms with Crippen LogP contribution in [0.5, 0.6) is 0 Å². The van der Waals surface area contributed by atoms with E-state index in [1.54, 1.807) is 12.1 Å². The van der Waals surface area contributed by atoms with Crippen LogP contribution in [0.25, 0.3) is 0 Å². The first-order valence-electron chi connectivity index (χ1n) is 8.62. The molecule has 0 radical (unpaired) electrons. The predicted octanol–water partition coefficient (Wildman–Crippen LogP) is 2.28. The van der Waals surface area contributed by atoms with Gasteiger partial charge in [0.15, 0.2) is 0 Å². The van der Waals surface area contributed by atoms with Gasteiger partial charge in [-0.05, 0) is 28.8 Å². The molecule has 1 N–H and O–H groups in total. The van der Waals surface area contributed by atoms with E-state index in [9.17, 15) is 12.8 Å². The topological polar surface area (TPSA) is 58.6 Å². The maximum Gasteiger partial charge on any atom is 0.218 e. The summed E-state index contributed by atoms with van der Waals surface area (Å²) in [7, 11) is -3.36. The number of nitrogens with one attached hydrogen (secondary N) is 1. The van der Waals surface area contributed by atoms with Crippen molar-refractivity contribution in [2.75, 3.05) is 26.3 Å². The van der Waals surface area contributed by atoms with Crippen LogP contribution in [0.15, 0.2) is 48.5 Å². The van der Waals surface area contributed by atoms with E-state index in [0.29, 0.717) is 39.4 Å². The van der Waals surface area contributed by atoms with Crippen molar-refractivity contribution in [1.82, 2.24) is 9.62 Å². The van der Waals surface area contributed by atoms with Crippen LogP contribution in [0.2, 0.25) is 0 Å². The Morgan fingerprint density at radius 3 is 2.31 bits per heavy atom. The highest BCUT2D eigenvalue weighted by Gasteiger charge is 2.25. The molecule has 0 aliphatic carbocycles. The molecule has 2 aromatic carbocycles. The molecule has 1 heterocycles. The Bertz CT molecular complexity index is 819. The molecule has 7 heteroatoms. The molecule has 3 rings (SSSR count). The van der Waals surface area contributed by atoms with Crippen molar-refractivity contribution >= 4 is 10.0 Å². The van der Waals surface area contributed by atoms with Crippen LogP contribution in [-0.2, 0) is 33.6 Å². The lowest BCUT2D eigenvalue weighted by Crippen LogP contribution is -2.41. The Morgan fingerprint density at radius 2 is 1.62 bits per heavy atom. The zero-order valence-corrected chi connectivity index (χ0v) is 15.3. The number of halogens is 1. The molecule has 0 aromatic heterocycles. The second-order valence-electron chi connectivity index (χ2n) is 6.27. The molecule has 0 spiro atoms. The van der Waals surface area contributed by atoms with Crippen LogP contribution < -0.4 is 5.32 Å². The second kappa shape index (κ2) is 8.73. The zero-order valence-electron chi connectivity index (χ0n) is 14.5. The quantitative estimate of drug-likeness (QED) is 0.803. The minimum atomic E-state index is -3.36. The van der Waals surface area contributed by atoms with Gasteiger partial charge in [-0.15, -0.1) is 0 Å². The van der Waals surface area contributed by atoms with Crippen molar-refractivity contribution < 1.29 is 17.5 Å². The van der Waals surface area contributed by atoms with Gasteiger partial charge in [0, 0.05) is 26.2 Å². The third-order valence-electron chi connectivity index (χ3n) is 4.38. The van der Waals surface area contributed by atoms with Gasteiger partial charge < -0.3 is 10.1 Å². The minimum Gasteiger partial charge on any atom is -0.379 e. The van der Waals surface area contributed by atoms with Crippen LogP contribution in [0, 0.1) is 5.82 Å². The van der Waals surface area contributed by atoms with Crippen molar-refractivity contribution in [2.24, 2.45) is 0 Å². The van der Waals surface area contributed by atoms with Crippen molar-refractivity contribution in [3.8, 4) is 0 Å². The van der Waals surface area contributed by atoms with Crippen molar-refractivity contribution in [2.45, 2.75) is 18.8 Å². The highest BCUT2D eigenvalue weighted by Crippen LogP contribution is 2.17. The van der Waals surface area contributed by atoms with Crippen LogP contribution >= 0.6 is 0 Å². The SMILES string of the molecule is O=S(=O)(Cc1ccccc1CNCc1ccc(F)cc1)N1CCOCC1. The minimum absolute atomic E-state index is 0.0125. The summed E-state index contributed by atoms with van der Waals surface area (Å²) >= 11 is 0. The average Bonchev–Trinajstić information content (AvgIpc) is 2.65. The number of ether oxygens (including phenoxy) is 1. The van der Waals surface area contributed by atoms with Crippen LogP contribution in [-0.4, -0.2) is 39.0 Å². The highest BCUT2D eigenvalue weighted by atomic mass is 32.2. The third-order valence-corrected chi connectivity index (χ3v) is 6.21. The number of rotatable bonds is 7. The van der Waals surface area contributed by atoms with Gasteiger partial charge in [-0.3, -0.25) is 0 Å². The van der Waals surface area contributed by atoms with E-state index < -0.39 is 10.0 Å². The van der Waals surface area contributed by atoms with E-state index in [1.807, 2.05) is 24.3 Å². The smallest absolute Gasteiger partial charge is 0.218 e. The van der Waals surface area contributed by atoms with E-state index in [2.05, 4.69) is 5.32 Å². The number of sulfonamides is 1. The van der Waals surface area contributed by atoms with Gasteiger partial charge in [-0.2, -0.15) is 4.31 Å². The van der Waals surface area contributed by atoms with Gasteiger partial charge in [-0.25, -0.2) is 12.8 Å². The molecular weight excluding hydrogens is 355 g/mol. The molecule has 1 fully saturated rings. The Balaban J connectivity index is 1.63. The number of hydrogen-bond donors (Lipinski definition) is 1. The van der Waals surface area contributed by atoms with Crippen LogP contribution in [0.1, 0.15) is 16.7 Å². The maximum absolute atomic E-state index is 12.9. The predicted molar refractivity (Wildman–Crippen MR) is 98.4 cm³/mol. The van der Waals surface area contributed by atoms with Crippen LogP contribution in [0.4, 0.5) is 4.39 Å². The summed E-state index contributed by atoms with van der Waals surface area (Å²) in [6.07, 6.45) is 0. The molecule has 0 unspecified atom stereocenters. The number of benzene rings is 2. The molecule has 5 nitrogen and oxygen atoms in total. The van der Waals surface area contributed by atoms with Crippen LogP contribution in [0.3, 0.4) is 0 Å². The lowest BCUT2D eigenvalue weighted by molar-refractivity contribution is 0.0729. The summed E-state index contributed by atoms with van der Waals surface area (Å²) < 4.78 is 45.0. The normalized spacial score (nSPS) is 15.9. The molecule has 1 aliphatic rings. The van der Waals surface area contributed by atoms with Crippen molar-refractivity contribution in [1.29, 1.82) is 0 Å². The molecule has 0 atom stereocenters. The maximum atomic E-state index is 12.9. The van der Waals surface area contributed by atoms with E-state index in [-0.39, 0.29) is 11.6 Å². The van der Waals surface area contributed by atoms with Crippen molar-refractivity contribution in [3.63, 3.8) is 0 Å². The summed E-state index contributed by atoms with van der Waals surface area (Å²) in [5, 5.41) is 3.29. The molecule has 0 amide bonds. The fourth-order valence-corrected chi connectivity index (χ4v) is 4.49. The monoisotopic (exact) mass is 378 g/mol. The van der Waals surface area contributed by atoms with E-state index in [4.69, 9.17) is 4.74 Å². The van der Waals surface area contributed by atoms with Gasteiger partial charge in [0.25, 0.3) is 0 Å². The van der Waals surface area contributed by atoms with Crippen molar-refractivity contribution in [3.05, 3.63) is 71.0 Å². The molecule has 140 valence electrons. The fourth-order valence-electron chi connectivity index (χ4n) is 2.93. The summed E-state index contributed by atoms with van der Waals surface area (Å²) in [6, 6.07) is 13.9. The molecular formula is C19H23FN2O3S. The number of nitrogens with zero attached hydrogens (tertiary/aromatic N) is 1. The number of morpholine rings is 1. The molecule has 1 saturated heterocycles. The average molecular weight is 378 g/mol. The molecule has 2 aromatic rings. The lowest BCUT2D eigenvalue weighted by Gasteiger charge is -2.26. The molecule has 0 bridgehead atoms. The fraction of sp³-hybridized carbons (Fsp3) is 0.368. The Kier molecular flexibility index (Phi) is 6.37. The van der Waals surface area contributed by atoms with Gasteiger partial charge in [-0.1, -0.05) is 36.4 Å². The standard InChI is InChI=1S/C19H23FN2O3S/c20-19-7-5-16(6-8-19)13-21-14-17-3-1-2-4-18(17)15-26(23,24)22-9-11-25-12-10-22/h1-8,21H,9-15H2. The van der Waals surface area contributed by atoms with Gasteiger partial charge in [0.1, 0.15) is 5.82 Å². The Hall–Kier alpha value is -1.80. The molecule has 26 heavy (non-hydrogen) atoms. The second-order valence-corrected chi connectivity index (χ2v) is 8.24. The highest BCUT2D eigenvalue weighted by molar-refractivity contribution is 7.88. The van der Waals surface area contributed by atoms with Gasteiger partial charge >= 0.3 is 0 Å². The summed E-state index contributed by atoms with van der Waals surface area (Å²) in [5.74, 6) is -0.270. The lowest BCUT2D eigenvalue weighted by atomic mass is 10.1. The number of hydrogen-bond acceptors (Lipinski definition) is 4. The summed E-state index contributed by atoms with van der Waals surface area (Å²) in [5.41, 5.74) is 2.72. The van der Waals surface area contributed by atoms with E-state index in [0.717, 1.165) is 16.7 Å². The first kappa shape index (κ1) is 19.0. The first-order chi connectivity index (χ1) is 12.5. The molecule has 1 aliphatic heterocycles. The van der Waals surface area contributed by atoms with E-state index in [1.165, 1.54) is 16.4 Å². The first-order valence-corrected chi connectivity index (χ1v) is 10.2. The summed E-state index contributed by atoms with van der Waals surface area (Å²) in [6.45, 7) is 2.85. The van der Waals surface area contributed by atoms with Gasteiger partial charge in [0.05, 0.1) is 19.0 Å². The van der Waals surface area contributed by atoms with Gasteiger partial charge in [0.2, 0.25) is 10.0 Å². The zero-order chi connectivity index (χ0) is 18.4. The largest absolute Gasteiger partial charge is 0.379 e. The third kappa shape index (κ3) is 5.11. The molecule has 0 saturated carbocycles.